The number of aromatic carboxylic acids is 1. The number of halogens is 4. The van der Waals surface area contributed by atoms with Gasteiger partial charge in [-0.05, 0) is 48.4 Å². The first-order valence-corrected chi connectivity index (χ1v) is 11.5. The van der Waals surface area contributed by atoms with Crippen molar-refractivity contribution in [2.75, 3.05) is 29.2 Å². The third-order valence-electron chi connectivity index (χ3n) is 4.42. The zero-order valence-corrected chi connectivity index (χ0v) is 19.9. The number of anilines is 3. The fraction of sp³-hybridized carbons (Fsp3) is 0.261. The second kappa shape index (κ2) is 12.2. The molecular formula is C23H22BrF3N4O4. The Kier molecular flexibility index (Phi) is 9.12. The normalized spacial score (nSPS) is 11.1. The number of ether oxygens (including phenoxy) is 2. The van der Waals surface area contributed by atoms with Crippen LogP contribution in [0.4, 0.5) is 30.6 Å². The molecule has 8 nitrogen and oxygen atoms in total. The molecule has 0 amide bonds. The minimum atomic E-state index is -4.53. The lowest BCUT2D eigenvalue weighted by molar-refractivity contribution is -0.154. The van der Waals surface area contributed by atoms with E-state index >= 15 is 0 Å². The molecule has 0 fully saturated rings. The van der Waals surface area contributed by atoms with E-state index < -0.39 is 18.8 Å². The van der Waals surface area contributed by atoms with Gasteiger partial charge in [0.05, 0.1) is 12.2 Å². The Morgan fingerprint density at radius 1 is 1.03 bits per heavy atom. The van der Waals surface area contributed by atoms with Gasteiger partial charge in [0.1, 0.15) is 11.6 Å². The average molecular weight is 555 g/mol. The van der Waals surface area contributed by atoms with Crippen LogP contribution in [0.5, 0.6) is 11.6 Å². The fourth-order valence-corrected chi connectivity index (χ4v) is 3.00. The van der Waals surface area contributed by atoms with Gasteiger partial charge >= 0.3 is 12.1 Å². The third kappa shape index (κ3) is 8.96. The third-order valence-corrected chi connectivity index (χ3v) is 4.98. The van der Waals surface area contributed by atoms with Crippen LogP contribution in [0.15, 0.2) is 54.6 Å². The Balaban J connectivity index is 1.72. The van der Waals surface area contributed by atoms with Crippen LogP contribution in [0.3, 0.4) is 0 Å². The van der Waals surface area contributed by atoms with Crippen LogP contribution in [-0.4, -0.2) is 45.8 Å². The van der Waals surface area contributed by atoms with Gasteiger partial charge in [-0.3, -0.25) is 0 Å². The molecule has 0 radical (unpaired) electrons. The summed E-state index contributed by atoms with van der Waals surface area (Å²) in [5, 5.41) is 15.7. The molecule has 3 N–H and O–H groups in total. The standard InChI is InChI=1S/C23H22BrF3N4O4/c24-10-1-11-34-18-8-2-15(3-9-18)13-28-19-12-20(35-14-23(25,26)27)31-22(30-19)29-17-6-4-16(5-7-17)21(32)33/h2-9,12H,1,10-11,13-14H2,(H,32,33)(H2,28,29,30,31). The molecule has 1 heterocycles. The fourth-order valence-electron chi connectivity index (χ4n) is 2.77. The van der Waals surface area contributed by atoms with E-state index in [1.165, 1.54) is 30.3 Å². The second-order valence-electron chi connectivity index (χ2n) is 7.21. The van der Waals surface area contributed by atoms with E-state index in [1.807, 2.05) is 24.3 Å². The summed E-state index contributed by atoms with van der Waals surface area (Å²) in [6.45, 7) is -0.573. The molecule has 3 aromatic rings. The number of carboxylic acids is 1. The summed E-state index contributed by atoms with van der Waals surface area (Å²) in [5.74, 6) is -0.411. The molecule has 0 aliphatic rings. The van der Waals surface area contributed by atoms with Gasteiger partial charge in [-0.25, -0.2) is 4.79 Å². The van der Waals surface area contributed by atoms with Crippen molar-refractivity contribution >= 4 is 39.4 Å². The summed E-state index contributed by atoms with van der Waals surface area (Å²) >= 11 is 3.34. The maximum absolute atomic E-state index is 12.6. The van der Waals surface area contributed by atoms with Crippen LogP contribution in [0.2, 0.25) is 0 Å². The summed E-state index contributed by atoms with van der Waals surface area (Å²) in [6.07, 6.45) is -3.65. The maximum atomic E-state index is 12.6. The Morgan fingerprint density at radius 3 is 2.37 bits per heavy atom. The zero-order valence-electron chi connectivity index (χ0n) is 18.3. The van der Waals surface area contributed by atoms with E-state index in [1.54, 1.807) is 0 Å². The zero-order chi connectivity index (χ0) is 25.3. The Labute approximate surface area is 207 Å². The van der Waals surface area contributed by atoms with Crippen LogP contribution in [0, 0.1) is 0 Å². The van der Waals surface area contributed by atoms with Crippen LogP contribution >= 0.6 is 15.9 Å². The molecule has 186 valence electrons. The van der Waals surface area contributed by atoms with E-state index in [9.17, 15) is 18.0 Å². The molecule has 2 aromatic carbocycles. The van der Waals surface area contributed by atoms with E-state index in [2.05, 4.69) is 36.5 Å². The van der Waals surface area contributed by atoms with Crippen LogP contribution < -0.4 is 20.1 Å². The number of carbonyl (C=O) groups is 1. The average Bonchev–Trinajstić information content (AvgIpc) is 2.82. The lowest BCUT2D eigenvalue weighted by atomic mass is 10.2. The van der Waals surface area contributed by atoms with Crippen LogP contribution in [-0.2, 0) is 6.54 Å². The van der Waals surface area contributed by atoms with Crippen molar-refractivity contribution in [1.29, 1.82) is 0 Å². The van der Waals surface area contributed by atoms with Gasteiger partial charge in [0.2, 0.25) is 11.8 Å². The van der Waals surface area contributed by atoms with Crippen LogP contribution in [0.25, 0.3) is 0 Å². The number of aromatic nitrogens is 2. The quantitative estimate of drug-likeness (QED) is 0.195. The molecule has 0 spiro atoms. The largest absolute Gasteiger partial charge is 0.494 e. The molecule has 0 aliphatic heterocycles. The number of rotatable bonds is 12. The molecule has 0 bridgehead atoms. The molecule has 35 heavy (non-hydrogen) atoms. The summed E-state index contributed by atoms with van der Waals surface area (Å²) in [5.41, 5.74) is 1.43. The highest BCUT2D eigenvalue weighted by atomic mass is 79.9. The number of nitrogens with zero attached hydrogens (tertiary/aromatic N) is 2. The summed E-state index contributed by atoms with van der Waals surface area (Å²) in [4.78, 5) is 19.3. The van der Waals surface area contributed by atoms with E-state index in [-0.39, 0.29) is 23.2 Å². The minimum Gasteiger partial charge on any atom is -0.494 e. The van der Waals surface area contributed by atoms with Crippen LogP contribution in [0.1, 0.15) is 22.3 Å². The Morgan fingerprint density at radius 2 is 1.74 bits per heavy atom. The summed E-state index contributed by atoms with van der Waals surface area (Å²) in [7, 11) is 0. The van der Waals surface area contributed by atoms with Crippen molar-refractivity contribution in [2.45, 2.75) is 19.1 Å². The number of hydrogen-bond donors (Lipinski definition) is 3. The molecular weight excluding hydrogens is 533 g/mol. The number of alkyl halides is 4. The van der Waals surface area contributed by atoms with E-state index in [4.69, 9.17) is 14.6 Å². The molecule has 0 saturated heterocycles. The second-order valence-corrected chi connectivity index (χ2v) is 8.01. The monoisotopic (exact) mass is 554 g/mol. The maximum Gasteiger partial charge on any atom is 0.422 e. The van der Waals surface area contributed by atoms with Crippen molar-refractivity contribution in [3.05, 3.63) is 65.7 Å². The number of benzene rings is 2. The summed E-state index contributed by atoms with van der Waals surface area (Å²) < 4.78 is 48.3. The molecule has 3 rings (SSSR count). The summed E-state index contributed by atoms with van der Waals surface area (Å²) in [6, 6.07) is 14.4. The molecule has 0 saturated carbocycles. The molecule has 0 atom stereocenters. The first kappa shape index (κ1) is 26.1. The highest BCUT2D eigenvalue weighted by molar-refractivity contribution is 9.09. The minimum absolute atomic E-state index is 0.0224. The number of hydrogen-bond acceptors (Lipinski definition) is 7. The van der Waals surface area contributed by atoms with Crippen molar-refractivity contribution in [2.24, 2.45) is 0 Å². The Bertz CT molecular complexity index is 1110. The topological polar surface area (TPSA) is 106 Å². The van der Waals surface area contributed by atoms with E-state index in [0.717, 1.165) is 23.1 Å². The molecule has 0 unspecified atom stereocenters. The molecule has 1 aromatic heterocycles. The first-order valence-electron chi connectivity index (χ1n) is 10.4. The Hall–Kier alpha value is -3.54. The molecule has 0 aliphatic carbocycles. The number of nitrogens with one attached hydrogen (secondary N) is 2. The first-order chi connectivity index (χ1) is 16.7. The van der Waals surface area contributed by atoms with Gasteiger partial charge in [0.15, 0.2) is 6.61 Å². The smallest absolute Gasteiger partial charge is 0.422 e. The van der Waals surface area contributed by atoms with E-state index in [0.29, 0.717) is 18.8 Å². The number of carboxylic acid groups (broad SMARTS) is 1. The van der Waals surface area contributed by atoms with Gasteiger partial charge in [-0.2, -0.15) is 23.1 Å². The molecule has 12 heteroatoms. The van der Waals surface area contributed by atoms with Crippen molar-refractivity contribution < 1.29 is 32.5 Å². The van der Waals surface area contributed by atoms with Gasteiger partial charge in [0, 0.05) is 23.6 Å². The van der Waals surface area contributed by atoms with Gasteiger partial charge in [0.25, 0.3) is 0 Å². The van der Waals surface area contributed by atoms with Gasteiger partial charge in [-0.15, -0.1) is 0 Å². The highest BCUT2D eigenvalue weighted by Gasteiger charge is 2.29. The lowest BCUT2D eigenvalue weighted by Gasteiger charge is -2.13. The van der Waals surface area contributed by atoms with Crippen molar-refractivity contribution in [1.82, 2.24) is 9.97 Å². The van der Waals surface area contributed by atoms with Crippen molar-refractivity contribution in [3.8, 4) is 11.6 Å². The van der Waals surface area contributed by atoms with Crippen molar-refractivity contribution in [3.63, 3.8) is 0 Å². The predicted octanol–water partition coefficient (Wildman–Crippen LogP) is 5.64. The highest BCUT2D eigenvalue weighted by Crippen LogP contribution is 2.23. The van der Waals surface area contributed by atoms with Gasteiger partial charge < -0.3 is 25.2 Å². The van der Waals surface area contributed by atoms with Gasteiger partial charge in [-0.1, -0.05) is 28.1 Å². The predicted molar refractivity (Wildman–Crippen MR) is 128 cm³/mol. The SMILES string of the molecule is O=C(O)c1ccc(Nc2nc(NCc3ccc(OCCCBr)cc3)cc(OCC(F)(F)F)n2)cc1. The lowest BCUT2D eigenvalue weighted by Crippen LogP contribution is -2.20.